The fraction of sp³-hybridized carbons (Fsp3) is 0.818. The summed E-state index contributed by atoms with van der Waals surface area (Å²) < 4.78 is 4.76. The molecule has 0 bridgehead atoms. The van der Waals surface area contributed by atoms with Crippen LogP contribution >= 0.6 is 0 Å². The first-order chi connectivity index (χ1) is 6.34. The maximum atomic E-state index is 11.6. The summed E-state index contributed by atoms with van der Waals surface area (Å²) in [6.45, 7) is 7.33. The summed E-state index contributed by atoms with van der Waals surface area (Å²) in [6, 6.07) is 0. The van der Waals surface area contributed by atoms with Crippen LogP contribution in [0.15, 0.2) is 0 Å². The van der Waals surface area contributed by atoms with Crippen LogP contribution in [0.1, 0.15) is 40.5 Å². The van der Waals surface area contributed by atoms with Gasteiger partial charge in [-0.2, -0.15) is 0 Å². The SMILES string of the molecule is COC(=O)C(C)(CCC(C)=O)C(C)C. The van der Waals surface area contributed by atoms with Gasteiger partial charge in [0.05, 0.1) is 12.5 Å². The Hall–Kier alpha value is -0.860. The number of carbonyl (C=O) groups is 2. The molecule has 0 amide bonds. The second-order valence-electron chi connectivity index (χ2n) is 4.27. The van der Waals surface area contributed by atoms with E-state index in [-0.39, 0.29) is 17.7 Å². The highest BCUT2D eigenvalue weighted by molar-refractivity contribution is 5.79. The summed E-state index contributed by atoms with van der Waals surface area (Å²) >= 11 is 0. The summed E-state index contributed by atoms with van der Waals surface area (Å²) in [5.74, 6) is 0.0591. The van der Waals surface area contributed by atoms with Gasteiger partial charge in [0.25, 0.3) is 0 Å². The molecule has 0 aliphatic carbocycles. The van der Waals surface area contributed by atoms with Crippen molar-refractivity contribution in [2.75, 3.05) is 7.11 Å². The van der Waals surface area contributed by atoms with Crippen molar-refractivity contribution in [2.45, 2.75) is 40.5 Å². The number of carbonyl (C=O) groups excluding carboxylic acids is 2. The van der Waals surface area contributed by atoms with Crippen molar-refractivity contribution in [3.8, 4) is 0 Å². The lowest BCUT2D eigenvalue weighted by Crippen LogP contribution is -2.34. The van der Waals surface area contributed by atoms with Gasteiger partial charge in [0.15, 0.2) is 0 Å². The molecule has 0 aliphatic heterocycles. The number of hydrogen-bond donors (Lipinski definition) is 0. The van der Waals surface area contributed by atoms with Crippen LogP contribution in [0, 0.1) is 11.3 Å². The van der Waals surface area contributed by atoms with Gasteiger partial charge >= 0.3 is 5.97 Å². The van der Waals surface area contributed by atoms with E-state index in [4.69, 9.17) is 4.74 Å². The zero-order valence-corrected chi connectivity index (χ0v) is 9.72. The second kappa shape index (κ2) is 5.13. The molecule has 0 heterocycles. The Balaban J connectivity index is 4.55. The quantitative estimate of drug-likeness (QED) is 0.639. The molecule has 3 nitrogen and oxygen atoms in total. The second-order valence-corrected chi connectivity index (χ2v) is 4.27. The van der Waals surface area contributed by atoms with Gasteiger partial charge in [-0.15, -0.1) is 0 Å². The zero-order valence-electron chi connectivity index (χ0n) is 9.72. The van der Waals surface area contributed by atoms with Crippen molar-refractivity contribution < 1.29 is 14.3 Å². The minimum absolute atomic E-state index is 0.112. The van der Waals surface area contributed by atoms with Crippen molar-refractivity contribution in [3.63, 3.8) is 0 Å². The molecule has 0 saturated carbocycles. The molecule has 3 heteroatoms. The largest absolute Gasteiger partial charge is 0.469 e. The predicted octanol–water partition coefficient (Wildman–Crippen LogP) is 2.19. The highest BCUT2D eigenvalue weighted by Crippen LogP contribution is 2.33. The molecular formula is C11H20O3. The number of Topliss-reactive ketones (excluding diaryl/α,β-unsaturated/α-hetero) is 1. The first-order valence-corrected chi connectivity index (χ1v) is 4.92. The maximum absolute atomic E-state index is 11.6. The number of hydrogen-bond acceptors (Lipinski definition) is 3. The van der Waals surface area contributed by atoms with Gasteiger partial charge in [0, 0.05) is 6.42 Å². The molecule has 0 aromatic heterocycles. The van der Waals surface area contributed by atoms with Crippen molar-refractivity contribution >= 4 is 11.8 Å². The van der Waals surface area contributed by atoms with Gasteiger partial charge in [-0.25, -0.2) is 0 Å². The van der Waals surface area contributed by atoms with Crippen LogP contribution < -0.4 is 0 Å². The molecule has 0 saturated heterocycles. The first-order valence-electron chi connectivity index (χ1n) is 4.92. The molecule has 0 N–H and O–H groups in total. The maximum Gasteiger partial charge on any atom is 0.311 e. The average molecular weight is 200 g/mol. The molecule has 14 heavy (non-hydrogen) atoms. The number of esters is 1. The third kappa shape index (κ3) is 3.13. The van der Waals surface area contributed by atoms with Gasteiger partial charge in [-0.3, -0.25) is 4.79 Å². The highest BCUT2D eigenvalue weighted by atomic mass is 16.5. The molecule has 0 aromatic rings. The molecule has 0 aromatic carbocycles. The normalized spacial score (nSPS) is 15.0. The Bertz CT molecular complexity index is 221. The monoisotopic (exact) mass is 200 g/mol. The van der Waals surface area contributed by atoms with E-state index in [9.17, 15) is 9.59 Å². The average Bonchev–Trinajstić information content (AvgIpc) is 2.12. The van der Waals surface area contributed by atoms with Gasteiger partial charge in [-0.1, -0.05) is 13.8 Å². The lowest BCUT2D eigenvalue weighted by molar-refractivity contribution is -0.155. The molecular weight excluding hydrogens is 180 g/mol. The van der Waals surface area contributed by atoms with E-state index in [2.05, 4.69) is 0 Å². The van der Waals surface area contributed by atoms with Crippen molar-refractivity contribution in [1.82, 2.24) is 0 Å². The molecule has 1 unspecified atom stereocenters. The van der Waals surface area contributed by atoms with Crippen LogP contribution in [-0.4, -0.2) is 18.9 Å². The highest BCUT2D eigenvalue weighted by Gasteiger charge is 2.37. The summed E-state index contributed by atoms with van der Waals surface area (Å²) in [7, 11) is 1.39. The number of rotatable bonds is 5. The number of ketones is 1. The van der Waals surface area contributed by atoms with Gasteiger partial charge in [0.2, 0.25) is 0 Å². The minimum atomic E-state index is -0.541. The van der Waals surface area contributed by atoms with Crippen LogP contribution in [0.2, 0.25) is 0 Å². The van der Waals surface area contributed by atoms with Crippen LogP contribution in [0.3, 0.4) is 0 Å². The first kappa shape index (κ1) is 13.1. The van der Waals surface area contributed by atoms with E-state index >= 15 is 0 Å². The number of methoxy groups -OCH3 is 1. The van der Waals surface area contributed by atoms with E-state index in [0.717, 1.165) is 0 Å². The Kier molecular flexibility index (Phi) is 4.81. The van der Waals surface area contributed by atoms with E-state index in [1.54, 1.807) is 0 Å². The summed E-state index contributed by atoms with van der Waals surface area (Å²) in [4.78, 5) is 22.4. The van der Waals surface area contributed by atoms with Crippen LogP contribution in [-0.2, 0) is 14.3 Å². The van der Waals surface area contributed by atoms with Gasteiger partial charge in [0.1, 0.15) is 5.78 Å². The summed E-state index contributed by atoms with van der Waals surface area (Å²) in [6.07, 6.45) is 0.996. The minimum Gasteiger partial charge on any atom is -0.469 e. The van der Waals surface area contributed by atoms with Crippen LogP contribution in [0.25, 0.3) is 0 Å². The molecule has 0 aliphatic rings. The lowest BCUT2D eigenvalue weighted by Gasteiger charge is -2.30. The molecule has 0 fully saturated rings. The van der Waals surface area contributed by atoms with E-state index < -0.39 is 5.41 Å². The van der Waals surface area contributed by atoms with Crippen molar-refractivity contribution in [2.24, 2.45) is 11.3 Å². The van der Waals surface area contributed by atoms with E-state index in [0.29, 0.717) is 12.8 Å². The summed E-state index contributed by atoms with van der Waals surface area (Å²) in [5, 5.41) is 0. The smallest absolute Gasteiger partial charge is 0.311 e. The topological polar surface area (TPSA) is 43.4 Å². The van der Waals surface area contributed by atoms with E-state index in [1.807, 2.05) is 20.8 Å². The Labute approximate surface area is 85.8 Å². The molecule has 0 rings (SSSR count). The Morgan fingerprint density at radius 2 is 1.86 bits per heavy atom. The predicted molar refractivity (Wildman–Crippen MR) is 54.9 cm³/mol. The Morgan fingerprint density at radius 1 is 1.36 bits per heavy atom. The fourth-order valence-electron chi connectivity index (χ4n) is 1.30. The van der Waals surface area contributed by atoms with Crippen molar-refractivity contribution in [1.29, 1.82) is 0 Å². The molecule has 1 atom stereocenters. The van der Waals surface area contributed by atoms with Crippen LogP contribution in [0.5, 0.6) is 0 Å². The van der Waals surface area contributed by atoms with Crippen LogP contribution in [0.4, 0.5) is 0 Å². The Morgan fingerprint density at radius 3 is 2.14 bits per heavy atom. The third-order valence-corrected chi connectivity index (χ3v) is 2.92. The molecule has 0 spiro atoms. The number of ether oxygens (including phenoxy) is 1. The van der Waals surface area contributed by atoms with Crippen molar-refractivity contribution in [3.05, 3.63) is 0 Å². The summed E-state index contributed by atoms with van der Waals surface area (Å²) in [5.41, 5.74) is -0.541. The lowest BCUT2D eigenvalue weighted by atomic mass is 9.75. The van der Waals surface area contributed by atoms with Gasteiger partial charge in [-0.05, 0) is 26.2 Å². The fourth-order valence-corrected chi connectivity index (χ4v) is 1.30. The standard InChI is InChI=1S/C11H20O3/c1-8(2)11(4,10(13)14-5)7-6-9(3)12/h8H,6-7H2,1-5H3. The zero-order chi connectivity index (χ0) is 11.4. The molecule has 82 valence electrons. The van der Waals surface area contributed by atoms with Gasteiger partial charge < -0.3 is 9.53 Å². The third-order valence-electron chi connectivity index (χ3n) is 2.92. The van der Waals surface area contributed by atoms with E-state index in [1.165, 1.54) is 14.0 Å². The molecule has 0 radical (unpaired) electrons.